The van der Waals surface area contributed by atoms with Gasteiger partial charge in [0.05, 0.1) is 5.76 Å². The first-order valence-electron chi connectivity index (χ1n) is 14.6. The minimum Gasteiger partial charge on any atom is -0.512 e. The summed E-state index contributed by atoms with van der Waals surface area (Å²) in [5.41, 5.74) is 7.66. The number of aliphatic hydroxyl groups is 1. The number of aryl methyl sites for hydroxylation is 3. The van der Waals surface area contributed by atoms with Crippen LogP contribution in [0.1, 0.15) is 101 Å². The molecule has 0 spiro atoms. The third-order valence-electron chi connectivity index (χ3n) is 8.97. The first kappa shape index (κ1) is 32.2. The van der Waals surface area contributed by atoms with Gasteiger partial charge < -0.3 is 10.1 Å². The van der Waals surface area contributed by atoms with Crippen LogP contribution in [0.2, 0.25) is 0 Å². The Labute approximate surface area is 255 Å². The van der Waals surface area contributed by atoms with Crippen molar-refractivity contribution in [3.05, 3.63) is 76.7 Å². The van der Waals surface area contributed by atoms with E-state index < -0.39 is 0 Å². The number of hydrogen-bond acceptors (Lipinski definition) is 3. The van der Waals surface area contributed by atoms with Crippen molar-refractivity contribution in [1.29, 1.82) is 0 Å². The number of pyridine rings is 1. The third-order valence-corrected chi connectivity index (χ3v) is 8.97. The van der Waals surface area contributed by atoms with E-state index in [9.17, 15) is 9.90 Å². The zero-order valence-electron chi connectivity index (χ0n) is 23.9. The summed E-state index contributed by atoms with van der Waals surface area (Å²) in [6.07, 6.45) is 14.9. The van der Waals surface area contributed by atoms with Gasteiger partial charge in [0, 0.05) is 44.2 Å². The standard InChI is InChI=1S/C22H22N.C13H20O2.CH4.Ir/c1-14-10-15(2)12-17(11-14)21-18-7-5-6-16-8-9-22(3,4)19(13-23-21)20(16)18;14-12(10-5-1-2-6-10)9-13(15)11-7-3-4-8-11;;/h5-7,10-11,13H,8-9H2,1-4H3;9-11,14H,1-8H2;1H4;/q-1;;;. The van der Waals surface area contributed by atoms with Gasteiger partial charge in [0.25, 0.3) is 0 Å². The number of carbonyl (C=O) groups is 1. The molecule has 1 aromatic heterocycles. The number of aromatic nitrogens is 1. The van der Waals surface area contributed by atoms with E-state index in [1.54, 1.807) is 0 Å². The van der Waals surface area contributed by atoms with E-state index in [1.807, 2.05) is 0 Å². The summed E-state index contributed by atoms with van der Waals surface area (Å²) in [5, 5.41) is 12.5. The van der Waals surface area contributed by atoms with Gasteiger partial charge in [-0.1, -0.05) is 79.0 Å². The van der Waals surface area contributed by atoms with Crippen molar-refractivity contribution in [2.45, 2.75) is 105 Å². The second kappa shape index (κ2) is 13.6. The van der Waals surface area contributed by atoms with Crippen molar-refractivity contribution in [3.8, 4) is 11.3 Å². The Morgan fingerprint density at radius 2 is 1.68 bits per heavy atom. The predicted octanol–water partition coefficient (Wildman–Crippen LogP) is 9.55. The molecule has 1 N–H and O–H groups in total. The number of aliphatic hydroxyl groups excluding tert-OH is 1. The monoisotopic (exact) mass is 717 g/mol. The van der Waals surface area contributed by atoms with Gasteiger partial charge in [-0.05, 0) is 71.5 Å². The van der Waals surface area contributed by atoms with Crippen molar-refractivity contribution in [3.63, 3.8) is 0 Å². The van der Waals surface area contributed by atoms with Crippen LogP contribution in [0.4, 0.5) is 0 Å². The molecular weight excluding hydrogens is 671 g/mol. The molecule has 1 radical (unpaired) electrons. The maximum absolute atomic E-state index is 11.8. The molecule has 1 heterocycles. The largest absolute Gasteiger partial charge is 0.512 e. The smallest absolute Gasteiger partial charge is 0.162 e. The van der Waals surface area contributed by atoms with Crippen molar-refractivity contribution < 1.29 is 30.0 Å². The number of carbonyl (C=O) groups excluding carboxylic acids is 1. The van der Waals surface area contributed by atoms with Crippen molar-refractivity contribution in [2.24, 2.45) is 11.8 Å². The molecule has 0 unspecified atom stereocenters. The van der Waals surface area contributed by atoms with Gasteiger partial charge in [-0.25, -0.2) is 0 Å². The molecular formula is C36H46IrNO2-. The Morgan fingerprint density at radius 1 is 1.02 bits per heavy atom. The van der Waals surface area contributed by atoms with Crippen molar-refractivity contribution in [2.75, 3.05) is 0 Å². The Kier molecular flexibility index (Phi) is 10.9. The molecule has 0 aliphatic heterocycles. The minimum atomic E-state index is 0. The van der Waals surface area contributed by atoms with Crippen LogP contribution in [0.5, 0.6) is 0 Å². The SMILES string of the molecule is C.Cc1[c-]c(-c2ncc3c4c(cccc24)CCC3(C)C)cc(C)c1.O=C(C=C(O)C1CCCC1)C1CCCC1.[Ir]. The molecule has 0 saturated heterocycles. The van der Waals surface area contributed by atoms with Crippen LogP contribution in [-0.4, -0.2) is 15.9 Å². The fourth-order valence-corrected chi connectivity index (χ4v) is 6.73. The normalized spacial score (nSPS) is 18.4. The van der Waals surface area contributed by atoms with Crippen LogP contribution in [-0.2, 0) is 36.7 Å². The molecule has 3 aromatic rings. The van der Waals surface area contributed by atoms with Crippen LogP contribution in [0.15, 0.2) is 48.4 Å². The summed E-state index contributed by atoms with van der Waals surface area (Å²) in [4.78, 5) is 16.6. The summed E-state index contributed by atoms with van der Waals surface area (Å²) >= 11 is 0. The van der Waals surface area contributed by atoms with Crippen LogP contribution < -0.4 is 0 Å². The predicted molar refractivity (Wildman–Crippen MR) is 163 cm³/mol. The van der Waals surface area contributed by atoms with Crippen molar-refractivity contribution >= 4 is 16.6 Å². The summed E-state index contributed by atoms with van der Waals surface area (Å²) in [6.45, 7) is 8.91. The van der Waals surface area contributed by atoms with E-state index >= 15 is 0 Å². The summed E-state index contributed by atoms with van der Waals surface area (Å²) in [7, 11) is 0. The molecule has 0 atom stereocenters. The number of benzene rings is 2. The molecule has 0 bridgehead atoms. The van der Waals surface area contributed by atoms with Gasteiger partial charge in [-0.15, -0.1) is 34.9 Å². The van der Waals surface area contributed by atoms with E-state index in [4.69, 9.17) is 4.98 Å². The fraction of sp³-hybridized carbons (Fsp3) is 0.500. The average molecular weight is 717 g/mol. The Bertz CT molecular complexity index is 1340. The van der Waals surface area contributed by atoms with Gasteiger partial charge in [0.15, 0.2) is 5.78 Å². The molecule has 217 valence electrons. The number of ketones is 1. The quantitative estimate of drug-likeness (QED) is 0.166. The number of allylic oxidation sites excluding steroid dienone is 2. The molecule has 0 amide bonds. The molecule has 3 aliphatic carbocycles. The van der Waals surface area contributed by atoms with Gasteiger partial charge in [0.2, 0.25) is 0 Å². The van der Waals surface area contributed by atoms with Crippen LogP contribution >= 0.6 is 0 Å². The van der Waals surface area contributed by atoms with Gasteiger partial charge in [-0.3, -0.25) is 4.79 Å². The number of hydrogen-bond donors (Lipinski definition) is 1. The third kappa shape index (κ3) is 6.94. The summed E-state index contributed by atoms with van der Waals surface area (Å²) < 4.78 is 0. The summed E-state index contributed by atoms with van der Waals surface area (Å²) in [6, 6.07) is 14.5. The first-order chi connectivity index (χ1) is 18.2. The molecule has 6 rings (SSSR count). The number of rotatable bonds is 4. The second-order valence-corrected chi connectivity index (χ2v) is 12.4. The minimum absolute atomic E-state index is 0. The molecule has 2 aromatic carbocycles. The topological polar surface area (TPSA) is 50.2 Å². The van der Waals surface area contributed by atoms with Crippen LogP contribution in [0, 0.1) is 31.7 Å². The second-order valence-electron chi connectivity index (χ2n) is 12.4. The Morgan fingerprint density at radius 3 is 2.33 bits per heavy atom. The van der Waals surface area contributed by atoms with E-state index in [0.717, 1.165) is 43.4 Å². The van der Waals surface area contributed by atoms with Gasteiger partial charge >= 0.3 is 0 Å². The van der Waals surface area contributed by atoms with E-state index in [0.29, 0.717) is 5.76 Å². The maximum Gasteiger partial charge on any atom is 0.162 e. The van der Waals surface area contributed by atoms with Gasteiger partial charge in [-0.2, -0.15) is 0 Å². The van der Waals surface area contributed by atoms with Gasteiger partial charge in [0.1, 0.15) is 0 Å². The summed E-state index contributed by atoms with van der Waals surface area (Å²) in [5.74, 6) is 0.991. The van der Waals surface area contributed by atoms with Crippen LogP contribution in [0.25, 0.3) is 22.0 Å². The van der Waals surface area contributed by atoms with Crippen molar-refractivity contribution in [1.82, 2.24) is 4.98 Å². The van der Waals surface area contributed by atoms with E-state index in [1.165, 1.54) is 71.2 Å². The molecule has 2 saturated carbocycles. The fourth-order valence-electron chi connectivity index (χ4n) is 6.73. The Hall–Kier alpha value is -2.29. The number of nitrogens with zero attached hydrogens (tertiary/aromatic N) is 1. The van der Waals surface area contributed by atoms with E-state index in [-0.39, 0.29) is 50.6 Å². The average Bonchev–Trinajstić information content (AvgIpc) is 3.61. The molecule has 3 nitrogen and oxygen atoms in total. The van der Waals surface area contributed by atoms with E-state index in [2.05, 4.69) is 70.3 Å². The molecule has 3 aliphatic rings. The molecule has 40 heavy (non-hydrogen) atoms. The Balaban J connectivity index is 0.000000228. The van der Waals surface area contributed by atoms with Crippen LogP contribution in [0.3, 0.4) is 0 Å². The zero-order valence-corrected chi connectivity index (χ0v) is 26.3. The first-order valence-corrected chi connectivity index (χ1v) is 14.6. The molecule has 4 heteroatoms. The zero-order chi connectivity index (χ0) is 26.9. The molecule has 2 fully saturated rings. The maximum atomic E-state index is 11.8.